The number of nitrogens with zero attached hydrogens (tertiary/aromatic N) is 3. The Balaban J connectivity index is 1.49. The van der Waals surface area contributed by atoms with Crippen molar-refractivity contribution in [3.05, 3.63) is 16.1 Å². The second-order valence-electron chi connectivity index (χ2n) is 6.72. The molecule has 23 heavy (non-hydrogen) atoms. The minimum atomic E-state index is 0.178. The average Bonchev–Trinajstić information content (AvgIpc) is 3.23. The fourth-order valence-electron chi connectivity index (χ4n) is 3.82. The van der Waals surface area contributed by atoms with Gasteiger partial charge in [0.15, 0.2) is 0 Å². The van der Waals surface area contributed by atoms with Gasteiger partial charge in [0.2, 0.25) is 5.91 Å². The maximum absolute atomic E-state index is 12.7. The van der Waals surface area contributed by atoms with Crippen LogP contribution in [0.1, 0.15) is 36.9 Å². The highest BCUT2D eigenvalue weighted by Crippen LogP contribution is 2.32. The third-order valence-corrected chi connectivity index (χ3v) is 6.29. The quantitative estimate of drug-likeness (QED) is 0.889. The van der Waals surface area contributed by atoms with Crippen molar-refractivity contribution < 1.29 is 4.79 Å². The first-order chi connectivity index (χ1) is 11.2. The number of rotatable bonds is 5. The van der Waals surface area contributed by atoms with Crippen LogP contribution in [0.4, 0.5) is 0 Å². The number of aromatic nitrogens is 1. The molecular weight excluding hydrogens is 308 g/mol. The highest BCUT2D eigenvalue weighted by atomic mass is 32.1. The lowest BCUT2D eigenvalue weighted by Gasteiger charge is -2.36. The van der Waals surface area contributed by atoms with Crippen LogP contribution in [0.5, 0.6) is 0 Å². The van der Waals surface area contributed by atoms with Crippen LogP contribution in [0, 0.1) is 11.8 Å². The van der Waals surface area contributed by atoms with Crippen LogP contribution in [0.15, 0.2) is 5.38 Å². The lowest BCUT2D eigenvalue weighted by molar-refractivity contribution is -0.138. The van der Waals surface area contributed by atoms with E-state index < -0.39 is 0 Å². The summed E-state index contributed by atoms with van der Waals surface area (Å²) in [6.07, 6.45) is 4.31. The first-order valence-corrected chi connectivity index (χ1v) is 9.73. The van der Waals surface area contributed by atoms with Gasteiger partial charge in [0.1, 0.15) is 0 Å². The summed E-state index contributed by atoms with van der Waals surface area (Å²) in [5, 5.41) is 3.38. The van der Waals surface area contributed by atoms with Crippen LogP contribution in [0.3, 0.4) is 0 Å². The predicted octanol–water partition coefficient (Wildman–Crippen LogP) is 1.72. The van der Waals surface area contributed by atoms with E-state index in [4.69, 9.17) is 5.73 Å². The smallest absolute Gasteiger partial charge is 0.226 e. The number of carbonyl (C=O) groups is 1. The fourth-order valence-corrected chi connectivity index (χ4v) is 4.55. The molecule has 1 amide bonds. The summed E-state index contributed by atoms with van der Waals surface area (Å²) in [4.78, 5) is 21.8. The molecule has 0 radical (unpaired) electrons. The standard InChI is InChI=1S/C17H28N4OS/c1-2-16-19-14(12-23-16)11-20-6-8-21(9-7-20)17(22)15-5-3-4-13(15)10-18/h12-13,15H,2-11,18H2,1H3/t13-,15-/m1/s1. The highest BCUT2D eigenvalue weighted by molar-refractivity contribution is 7.09. The lowest BCUT2D eigenvalue weighted by atomic mass is 9.94. The molecule has 0 spiro atoms. The number of hydrogen-bond donors (Lipinski definition) is 1. The van der Waals surface area contributed by atoms with Gasteiger partial charge in [-0.2, -0.15) is 0 Å². The molecule has 128 valence electrons. The van der Waals surface area contributed by atoms with Gasteiger partial charge in [-0.25, -0.2) is 4.98 Å². The Morgan fingerprint density at radius 3 is 2.78 bits per heavy atom. The Labute approximate surface area is 142 Å². The van der Waals surface area contributed by atoms with Gasteiger partial charge in [-0.15, -0.1) is 11.3 Å². The maximum atomic E-state index is 12.7. The molecule has 1 aromatic rings. The first-order valence-electron chi connectivity index (χ1n) is 8.85. The molecule has 2 fully saturated rings. The van der Waals surface area contributed by atoms with Gasteiger partial charge in [-0.3, -0.25) is 9.69 Å². The van der Waals surface area contributed by atoms with E-state index in [1.165, 1.54) is 10.7 Å². The summed E-state index contributed by atoms with van der Waals surface area (Å²) >= 11 is 1.75. The van der Waals surface area contributed by atoms with Crippen molar-refractivity contribution in [3.8, 4) is 0 Å². The third-order valence-electron chi connectivity index (χ3n) is 5.25. The Morgan fingerprint density at radius 1 is 1.35 bits per heavy atom. The Hall–Kier alpha value is -0.980. The number of aryl methyl sites for hydroxylation is 1. The maximum Gasteiger partial charge on any atom is 0.226 e. The van der Waals surface area contributed by atoms with Crippen LogP contribution in [0.2, 0.25) is 0 Å². The zero-order valence-electron chi connectivity index (χ0n) is 14.0. The SMILES string of the molecule is CCc1nc(CN2CCN(C(=O)[C@@H]3CCC[C@@H]3CN)CC2)cs1. The van der Waals surface area contributed by atoms with Crippen molar-refractivity contribution in [2.24, 2.45) is 17.6 Å². The van der Waals surface area contributed by atoms with E-state index in [1.807, 2.05) is 0 Å². The number of nitrogens with two attached hydrogens (primary N) is 1. The molecule has 2 N–H and O–H groups in total. The summed E-state index contributed by atoms with van der Waals surface area (Å²) < 4.78 is 0. The number of carbonyl (C=O) groups excluding carboxylic acids is 1. The molecule has 5 nitrogen and oxygen atoms in total. The number of hydrogen-bond acceptors (Lipinski definition) is 5. The van der Waals surface area contributed by atoms with Crippen molar-refractivity contribution in [3.63, 3.8) is 0 Å². The highest BCUT2D eigenvalue weighted by Gasteiger charge is 2.35. The zero-order chi connectivity index (χ0) is 16.2. The molecule has 1 aliphatic heterocycles. The van der Waals surface area contributed by atoms with Crippen LogP contribution in [-0.2, 0) is 17.8 Å². The van der Waals surface area contributed by atoms with Gasteiger partial charge in [-0.1, -0.05) is 13.3 Å². The summed E-state index contributed by atoms with van der Waals surface area (Å²) in [5.41, 5.74) is 7.00. The summed E-state index contributed by atoms with van der Waals surface area (Å²) in [7, 11) is 0. The molecule has 0 aromatic carbocycles. The van der Waals surface area contributed by atoms with Crippen LogP contribution < -0.4 is 5.73 Å². The minimum Gasteiger partial charge on any atom is -0.340 e. The Morgan fingerprint density at radius 2 is 2.13 bits per heavy atom. The first kappa shape index (κ1) is 16.9. The van der Waals surface area contributed by atoms with Gasteiger partial charge in [-0.05, 0) is 31.7 Å². The fraction of sp³-hybridized carbons (Fsp3) is 0.765. The van der Waals surface area contributed by atoms with Gasteiger partial charge >= 0.3 is 0 Å². The van der Waals surface area contributed by atoms with Crippen molar-refractivity contribution in [1.29, 1.82) is 0 Å². The summed E-state index contributed by atoms with van der Waals surface area (Å²) in [6.45, 7) is 7.29. The molecule has 1 saturated carbocycles. The number of piperazine rings is 1. The lowest BCUT2D eigenvalue weighted by Crippen LogP contribution is -2.50. The van der Waals surface area contributed by atoms with E-state index in [1.54, 1.807) is 11.3 Å². The summed E-state index contributed by atoms with van der Waals surface area (Å²) in [6, 6.07) is 0. The van der Waals surface area contributed by atoms with E-state index in [-0.39, 0.29) is 5.92 Å². The topological polar surface area (TPSA) is 62.5 Å². The molecule has 2 atom stereocenters. The second-order valence-corrected chi connectivity index (χ2v) is 7.66. The molecular formula is C17H28N4OS. The molecule has 0 bridgehead atoms. The summed E-state index contributed by atoms with van der Waals surface area (Å²) in [5.74, 6) is 0.930. The van der Waals surface area contributed by atoms with E-state index in [9.17, 15) is 4.79 Å². The number of amides is 1. The molecule has 1 saturated heterocycles. The Bertz CT molecular complexity index is 524. The second kappa shape index (κ2) is 7.73. The van der Waals surface area contributed by atoms with Crippen LogP contribution in [0.25, 0.3) is 0 Å². The number of thiazole rings is 1. The van der Waals surface area contributed by atoms with Gasteiger partial charge in [0.25, 0.3) is 0 Å². The van der Waals surface area contributed by atoms with Crippen molar-refractivity contribution in [2.75, 3.05) is 32.7 Å². The molecule has 1 aliphatic carbocycles. The normalized spacial score (nSPS) is 25.9. The minimum absolute atomic E-state index is 0.178. The molecule has 1 aromatic heterocycles. The van der Waals surface area contributed by atoms with Gasteiger partial charge in [0.05, 0.1) is 10.7 Å². The van der Waals surface area contributed by atoms with Crippen LogP contribution >= 0.6 is 11.3 Å². The van der Waals surface area contributed by atoms with Gasteiger partial charge < -0.3 is 10.6 Å². The van der Waals surface area contributed by atoms with E-state index in [0.717, 1.165) is 58.4 Å². The molecule has 2 aliphatic rings. The van der Waals surface area contributed by atoms with E-state index >= 15 is 0 Å². The molecule has 3 rings (SSSR count). The average molecular weight is 337 g/mol. The predicted molar refractivity (Wildman–Crippen MR) is 93.2 cm³/mol. The largest absolute Gasteiger partial charge is 0.340 e. The molecule has 6 heteroatoms. The zero-order valence-corrected chi connectivity index (χ0v) is 14.9. The molecule has 2 heterocycles. The molecule has 0 unspecified atom stereocenters. The third kappa shape index (κ3) is 3.92. The van der Waals surface area contributed by atoms with E-state index in [0.29, 0.717) is 18.4 Å². The Kier molecular flexibility index (Phi) is 5.67. The van der Waals surface area contributed by atoms with Crippen molar-refractivity contribution >= 4 is 17.2 Å². The van der Waals surface area contributed by atoms with Gasteiger partial charge in [0, 0.05) is 44.0 Å². The van der Waals surface area contributed by atoms with Crippen molar-refractivity contribution in [1.82, 2.24) is 14.8 Å². The van der Waals surface area contributed by atoms with Crippen LogP contribution in [-0.4, -0.2) is 53.4 Å². The van der Waals surface area contributed by atoms with E-state index in [2.05, 4.69) is 27.1 Å². The van der Waals surface area contributed by atoms with Crippen molar-refractivity contribution in [2.45, 2.75) is 39.2 Å². The monoisotopic (exact) mass is 336 g/mol.